The Morgan fingerprint density at radius 3 is 3.12 bits per heavy atom. The van der Waals surface area contributed by atoms with E-state index in [-0.39, 0.29) is 5.91 Å². The number of thiazole rings is 1. The molecule has 0 fully saturated rings. The zero-order chi connectivity index (χ0) is 12.1. The Morgan fingerprint density at radius 1 is 1.53 bits per heavy atom. The summed E-state index contributed by atoms with van der Waals surface area (Å²) in [7, 11) is 0. The van der Waals surface area contributed by atoms with Crippen LogP contribution in [0.3, 0.4) is 0 Å². The lowest BCUT2D eigenvalue weighted by Gasteiger charge is -2.05. The highest BCUT2D eigenvalue weighted by molar-refractivity contribution is 7.13. The summed E-state index contributed by atoms with van der Waals surface area (Å²) in [5, 5.41) is 5.13. The molecule has 88 valence electrons. The number of nitrogens with one attached hydrogen (secondary N) is 1. The summed E-state index contributed by atoms with van der Waals surface area (Å²) < 4.78 is 5.34. The van der Waals surface area contributed by atoms with Crippen molar-refractivity contribution in [2.24, 2.45) is 0 Å². The number of nitrogens with zero attached hydrogens (tertiary/aromatic N) is 1. The average molecular weight is 248 g/mol. The van der Waals surface area contributed by atoms with Gasteiger partial charge in [0.25, 0.3) is 5.91 Å². The van der Waals surface area contributed by atoms with Crippen LogP contribution >= 0.6 is 11.3 Å². The van der Waals surface area contributed by atoms with Crippen LogP contribution in [0.1, 0.15) is 17.3 Å². The van der Waals surface area contributed by atoms with Crippen LogP contribution in [0.4, 0.5) is 5.13 Å². The Balaban J connectivity index is 2.11. The molecule has 1 aromatic heterocycles. The Morgan fingerprint density at radius 2 is 2.41 bits per heavy atom. The predicted molar refractivity (Wildman–Crippen MR) is 67.7 cm³/mol. The van der Waals surface area contributed by atoms with Gasteiger partial charge in [0.1, 0.15) is 5.75 Å². The number of carbonyl (C=O) groups is 1. The van der Waals surface area contributed by atoms with Crippen LogP contribution in [-0.4, -0.2) is 17.5 Å². The van der Waals surface area contributed by atoms with E-state index in [9.17, 15) is 4.79 Å². The van der Waals surface area contributed by atoms with E-state index in [2.05, 4.69) is 10.3 Å². The summed E-state index contributed by atoms with van der Waals surface area (Å²) in [6.07, 6.45) is 1.65. The molecular weight excluding hydrogens is 236 g/mol. The standard InChI is InChI=1S/C12H12N2O2S/c1-2-16-10-5-3-4-9(8-10)11(15)14-12-13-6-7-17-12/h3-8H,2H2,1H3,(H,13,14,15). The van der Waals surface area contributed by atoms with Crippen LogP contribution in [-0.2, 0) is 0 Å². The van der Waals surface area contributed by atoms with Gasteiger partial charge in [-0.3, -0.25) is 10.1 Å². The van der Waals surface area contributed by atoms with Crippen molar-refractivity contribution in [2.45, 2.75) is 6.92 Å². The van der Waals surface area contributed by atoms with Crippen LogP contribution in [0.2, 0.25) is 0 Å². The van der Waals surface area contributed by atoms with E-state index in [1.165, 1.54) is 11.3 Å². The van der Waals surface area contributed by atoms with Gasteiger partial charge in [-0.1, -0.05) is 6.07 Å². The summed E-state index contributed by atoms with van der Waals surface area (Å²) in [5.74, 6) is 0.515. The first-order chi connectivity index (χ1) is 8.29. The van der Waals surface area contributed by atoms with Gasteiger partial charge in [0.15, 0.2) is 5.13 Å². The first-order valence-electron chi connectivity index (χ1n) is 5.23. The molecule has 4 nitrogen and oxygen atoms in total. The topological polar surface area (TPSA) is 51.2 Å². The van der Waals surface area contributed by atoms with E-state index < -0.39 is 0 Å². The minimum absolute atomic E-state index is 0.179. The molecule has 1 aromatic carbocycles. The summed E-state index contributed by atoms with van der Waals surface area (Å²) >= 11 is 1.39. The maximum absolute atomic E-state index is 11.9. The van der Waals surface area contributed by atoms with Crippen LogP contribution in [0.15, 0.2) is 35.8 Å². The molecule has 0 unspecified atom stereocenters. The molecule has 17 heavy (non-hydrogen) atoms. The fourth-order valence-electron chi connectivity index (χ4n) is 1.35. The molecule has 0 atom stereocenters. The quantitative estimate of drug-likeness (QED) is 0.905. The van der Waals surface area contributed by atoms with Gasteiger partial charge in [-0.15, -0.1) is 11.3 Å². The van der Waals surface area contributed by atoms with E-state index in [0.29, 0.717) is 23.1 Å². The molecule has 2 rings (SSSR count). The van der Waals surface area contributed by atoms with Gasteiger partial charge in [-0.05, 0) is 25.1 Å². The molecule has 0 aliphatic heterocycles. The summed E-state index contributed by atoms with van der Waals surface area (Å²) in [4.78, 5) is 15.9. The second kappa shape index (κ2) is 5.45. The van der Waals surface area contributed by atoms with E-state index in [1.807, 2.05) is 18.4 Å². The van der Waals surface area contributed by atoms with Gasteiger partial charge >= 0.3 is 0 Å². The molecule has 2 aromatic rings. The first-order valence-corrected chi connectivity index (χ1v) is 6.11. The molecule has 1 heterocycles. The molecule has 0 radical (unpaired) electrons. The molecular formula is C12H12N2O2S. The van der Waals surface area contributed by atoms with Gasteiger partial charge in [0.2, 0.25) is 0 Å². The molecule has 1 amide bonds. The molecule has 0 spiro atoms. The zero-order valence-electron chi connectivity index (χ0n) is 9.34. The maximum Gasteiger partial charge on any atom is 0.257 e. The number of benzene rings is 1. The van der Waals surface area contributed by atoms with Gasteiger partial charge in [0.05, 0.1) is 6.61 Å². The third-order valence-electron chi connectivity index (χ3n) is 2.06. The van der Waals surface area contributed by atoms with Crippen molar-refractivity contribution in [1.29, 1.82) is 0 Å². The van der Waals surface area contributed by atoms with E-state index in [0.717, 1.165) is 0 Å². The normalized spacial score (nSPS) is 9.94. The molecule has 0 bridgehead atoms. The van der Waals surface area contributed by atoms with E-state index >= 15 is 0 Å². The number of ether oxygens (including phenoxy) is 1. The third-order valence-corrected chi connectivity index (χ3v) is 2.75. The van der Waals surface area contributed by atoms with Crippen LogP contribution in [0, 0.1) is 0 Å². The summed E-state index contributed by atoms with van der Waals surface area (Å²) in [6, 6.07) is 7.07. The van der Waals surface area contributed by atoms with Crippen molar-refractivity contribution in [2.75, 3.05) is 11.9 Å². The fourth-order valence-corrected chi connectivity index (χ4v) is 1.87. The number of aromatic nitrogens is 1. The molecule has 0 saturated heterocycles. The maximum atomic E-state index is 11.9. The smallest absolute Gasteiger partial charge is 0.257 e. The van der Waals surface area contributed by atoms with E-state index in [4.69, 9.17) is 4.74 Å². The highest BCUT2D eigenvalue weighted by atomic mass is 32.1. The van der Waals surface area contributed by atoms with Crippen molar-refractivity contribution in [1.82, 2.24) is 4.98 Å². The minimum atomic E-state index is -0.179. The lowest BCUT2D eigenvalue weighted by atomic mass is 10.2. The van der Waals surface area contributed by atoms with Gasteiger partial charge in [-0.25, -0.2) is 4.98 Å². The average Bonchev–Trinajstić information content (AvgIpc) is 2.83. The number of hydrogen-bond donors (Lipinski definition) is 1. The Kier molecular flexibility index (Phi) is 3.72. The second-order valence-corrected chi connectivity index (χ2v) is 4.15. The Hall–Kier alpha value is -1.88. The highest BCUT2D eigenvalue weighted by Gasteiger charge is 2.08. The van der Waals surface area contributed by atoms with Gasteiger partial charge < -0.3 is 4.74 Å². The number of anilines is 1. The summed E-state index contributed by atoms with van der Waals surface area (Å²) in [6.45, 7) is 2.49. The number of rotatable bonds is 4. The fraction of sp³-hybridized carbons (Fsp3) is 0.167. The minimum Gasteiger partial charge on any atom is -0.494 e. The lowest BCUT2D eigenvalue weighted by Crippen LogP contribution is -2.11. The molecule has 0 saturated carbocycles. The third kappa shape index (κ3) is 3.04. The largest absolute Gasteiger partial charge is 0.494 e. The highest BCUT2D eigenvalue weighted by Crippen LogP contribution is 2.16. The first kappa shape index (κ1) is 11.6. The van der Waals surface area contributed by atoms with Crippen LogP contribution in [0.5, 0.6) is 5.75 Å². The molecule has 0 aliphatic rings. The van der Waals surface area contributed by atoms with Gasteiger partial charge in [0, 0.05) is 17.1 Å². The number of hydrogen-bond acceptors (Lipinski definition) is 4. The Bertz CT molecular complexity index is 497. The second-order valence-electron chi connectivity index (χ2n) is 3.25. The SMILES string of the molecule is CCOc1cccc(C(=O)Nc2nccs2)c1. The molecule has 1 N–H and O–H groups in total. The van der Waals surface area contributed by atoms with Crippen LogP contribution < -0.4 is 10.1 Å². The Labute approximate surface area is 103 Å². The monoisotopic (exact) mass is 248 g/mol. The van der Waals surface area contributed by atoms with Crippen molar-refractivity contribution >= 4 is 22.4 Å². The van der Waals surface area contributed by atoms with Crippen molar-refractivity contribution < 1.29 is 9.53 Å². The van der Waals surface area contributed by atoms with Crippen molar-refractivity contribution in [3.63, 3.8) is 0 Å². The number of amides is 1. The van der Waals surface area contributed by atoms with Crippen molar-refractivity contribution in [3.05, 3.63) is 41.4 Å². The lowest BCUT2D eigenvalue weighted by molar-refractivity contribution is 0.102. The predicted octanol–water partition coefficient (Wildman–Crippen LogP) is 2.79. The van der Waals surface area contributed by atoms with E-state index in [1.54, 1.807) is 24.4 Å². The van der Waals surface area contributed by atoms with Gasteiger partial charge in [-0.2, -0.15) is 0 Å². The number of carbonyl (C=O) groups excluding carboxylic acids is 1. The van der Waals surface area contributed by atoms with Crippen LogP contribution in [0.25, 0.3) is 0 Å². The summed E-state index contributed by atoms with van der Waals surface area (Å²) in [5.41, 5.74) is 0.561. The molecule has 0 aliphatic carbocycles. The zero-order valence-corrected chi connectivity index (χ0v) is 10.2. The van der Waals surface area contributed by atoms with Crippen molar-refractivity contribution in [3.8, 4) is 5.75 Å². The molecule has 5 heteroatoms.